The second-order valence-electron chi connectivity index (χ2n) is 6.86. The predicted octanol–water partition coefficient (Wildman–Crippen LogP) is 2.73. The molecule has 0 bridgehead atoms. The van der Waals surface area contributed by atoms with E-state index in [1.54, 1.807) is 18.2 Å². The molecule has 2 aromatic carbocycles. The van der Waals surface area contributed by atoms with E-state index in [1.807, 2.05) is 0 Å². The van der Waals surface area contributed by atoms with Gasteiger partial charge in [-0.25, -0.2) is 13.2 Å². The summed E-state index contributed by atoms with van der Waals surface area (Å²) in [7, 11) is -3.72. The number of nitrogens with one attached hydrogen (secondary N) is 2. The highest BCUT2D eigenvalue weighted by atomic mass is 32.2. The first kappa shape index (κ1) is 23.0. The molecule has 0 atom stereocenters. The number of rotatable bonds is 6. The molecule has 1 fully saturated rings. The largest absolute Gasteiger partial charge is 0.416 e. The molecule has 0 aromatic heterocycles. The number of halogens is 3. The fraction of sp³-hybridized carbons (Fsp3) is 0.350. The lowest BCUT2D eigenvalue weighted by Gasteiger charge is -2.27. The van der Waals surface area contributed by atoms with Gasteiger partial charge in [-0.05, 0) is 29.3 Å². The molecule has 3 rings (SSSR count). The monoisotopic (exact) mass is 457 g/mol. The standard InChI is InChI=1S/C20H22F3N3O4S/c21-20(22,23)17-7-5-15(6-8-17)13-24-19(27)25-14-16-3-1-2-4-18(16)31(28,29)26-9-11-30-12-10-26/h1-8H,9-14H2,(H2,24,25,27). The van der Waals surface area contributed by atoms with Crippen LogP contribution in [0.5, 0.6) is 0 Å². The van der Waals surface area contributed by atoms with Crippen molar-refractivity contribution in [3.63, 3.8) is 0 Å². The molecular formula is C20H22F3N3O4S. The maximum absolute atomic E-state index is 12.9. The van der Waals surface area contributed by atoms with Gasteiger partial charge in [0.25, 0.3) is 0 Å². The minimum Gasteiger partial charge on any atom is -0.379 e. The van der Waals surface area contributed by atoms with Crippen molar-refractivity contribution in [1.29, 1.82) is 0 Å². The Bertz CT molecular complexity index is 1010. The highest BCUT2D eigenvalue weighted by molar-refractivity contribution is 7.89. The van der Waals surface area contributed by atoms with Crippen molar-refractivity contribution in [2.75, 3.05) is 26.3 Å². The molecule has 0 spiro atoms. The first-order chi connectivity index (χ1) is 14.7. The fourth-order valence-corrected chi connectivity index (χ4v) is 4.69. The van der Waals surface area contributed by atoms with Crippen LogP contribution < -0.4 is 10.6 Å². The van der Waals surface area contributed by atoms with Crippen molar-refractivity contribution in [2.24, 2.45) is 0 Å². The lowest BCUT2D eigenvalue weighted by atomic mass is 10.1. The summed E-state index contributed by atoms with van der Waals surface area (Å²) >= 11 is 0. The van der Waals surface area contributed by atoms with Crippen LogP contribution in [-0.2, 0) is 34.0 Å². The van der Waals surface area contributed by atoms with Crippen LogP contribution in [-0.4, -0.2) is 45.1 Å². The number of alkyl halides is 3. The van der Waals surface area contributed by atoms with E-state index < -0.39 is 27.8 Å². The van der Waals surface area contributed by atoms with E-state index in [-0.39, 0.29) is 31.1 Å². The molecule has 0 unspecified atom stereocenters. The van der Waals surface area contributed by atoms with Gasteiger partial charge in [-0.2, -0.15) is 17.5 Å². The third kappa shape index (κ3) is 5.96. The smallest absolute Gasteiger partial charge is 0.379 e. The molecular weight excluding hydrogens is 435 g/mol. The Labute approximate surface area is 178 Å². The molecule has 0 aliphatic carbocycles. The average Bonchev–Trinajstić information content (AvgIpc) is 2.76. The summed E-state index contributed by atoms with van der Waals surface area (Å²) in [6.07, 6.45) is -4.42. The van der Waals surface area contributed by atoms with Gasteiger partial charge in [0.1, 0.15) is 0 Å². The zero-order valence-electron chi connectivity index (χ0n) is 16.5. The molecule has 2 aromatic rings. The molecule has 1 heterocycles. The SMILES string of the molecule is O=C(NCc1ccc(C(F)(F)F)cc1)NCc1ccccc1S(=O)(=O)N1CCOCC1. The van der Waals surface area contributed by atoms with Crippen LogP contribution in [0.4, 0.5) is 18.0 Å². The van der Waals surface area contributed by atoms with Crippen LogP contribution in [0.15, 0.2) is 53.4 Å². The second-order valence-corrected chi connectivity index (χ2v) is 8.76. The van der Waals surface area contributed by atoms with Gasteiger partial charge in [-0.15, -0.1) is 0 Å². The Morgan fingerprint density at radius 1 is 0.968 bits per heavy atom. The lowest BCUT2D eigenvalue weighted by Crippen LogP contribution is -2.41. The maximum atomic E-state index is 12.9. The van der Waals surface area contributed by atoms with Crippen molar-refractivity contribution < 1.29 is 31.1 Å². The minimum atomic E-state index is -4.42. The summed E-state index contributed by atoms with van der Waals surface area (Å²) in [5.41, 5.74) is 0.163. The Morgan fingerprint density at radius 2 is 1.58 bits per heavy atom. The van der Waals surface area contributed by atoms with Gasteiger partial charge in [0.2, 0.25) is 10.0 Å². The van der Waals surface area contributed by atoms with E-state index in [0.717, 1.165) is 12.1 Å². The Morgan fingerprint density at radius 3 is 2.23 bits per heavy atom. The normalized spacial score (nSPS) is 15.5. The molecule has 11 heteroatoms. The van der Waals surface area contributed by atoms with Gasteiger partial charge in [0.05, 0.1) is 23.7 Å². The number of morpholine rings is 1. The molecule has 31 heavy (non-hydrogen) atoms. The predicted molar refractivity (Wildman–Crippen MR) is 107 cm³/mol. The van der Waals surface area contributed by atoms with E-state index in [0.29, 0.717) is 24.3 Å². The quantitative estimate of drug-likeness (QED) is 0.698. The highest BCUT2D eigenvalue weighted by Crippen LogP contribution is 2.29. The maximum Gasteiger partial charge on any atom is 0.416 e. The summed E-state index contributed by atoms with van der Waals surface area (Å²) in [5, 5.41) is 5.12. The molecule has 0 radical (unpaired) electrons. The Hall–Kier alpha value is -2.63. The summed E-state index contributed by atoms with van der Waals surface area (Å²) in [4.78, 5) is 12.2. The number of hydrogen-bond donors (Lipinski definition) is 2. The topological polar surface area (TPSA) is 87.7 Å². The average molecular weight is 457 g/mol. The molecule has 7 nitrogen and oxygen atoms in total. The molecule has 168 valence electrons. The number of ether oxygens (including phenoxy) is 1. The number of benzene rings is 2. The van der Waals surface area contributed by atoms with E-state index >= 15 is 0 Å². The van der Waals surface area contributed by atoms with Gasteiger partial charge >= 0.3 is 12.2 Å². The zero-order chi connectivity index (χ0) is 22.5. The van der Waals surface area contributed by atoms with Gasteiger partial charge in [0.15, 0.2) is 0 Å². The fourth-order valence-electron chi connectivity index (χ4n) is 3.06. The first-order valence-corrected chi connectivity index (χ1v) is 11.0. The summed E-state index contributed by atoms with van der Waals surface area (Å²) in [6, 6.07) is 10.3. The number of carbonyl (C=O) groups is 1. The number of hydrogen-bond acceptors (Lipinski definition) is 4. The van der Waals surface area contributed by atoms with Crippen molar-refractivity contribution in [3.05, 3.63) is 65.2 Å². The second kappa shape index (κ2) is 9.67. The molecule has 1 aliphatic heterocycles. The lowest BCUT2D eigenvalue weighted by molar-refractivity contribution is -0.137. The van der Waals surface area contributed by atoms with Crippen LogP contribution in [0.3, 0.4) is 0 Å². The number of urea groups is 1. The van der Waals surface area contributed by atoms with Crippen LogP contribution in [0.25, 0.3) is 0 Å². The van der Waals surface area contributed by atoms with Gasteiger partial charge in [-0.1, -0.05) is 30.3 Å². The Balaban J connectivity index is 1.58. The van der Waals surface area contributed by atoms with Crippen molar-refractivity contribution in [2.45, 2.75) is 24.2 Å². The minimum absolute atomic E-state index is 0.0255. The zero-order valence-corrected chi connectivity index (χ0v) is 17.3. The van der Waals surface area contributed by atoms with Gasteiger partial charge < -0.3 is 15.4 Å². The van der Waals surface area contributed by atoms with Crippen molar-refractivity contribution >= 4 is 16.1 Å². The third-order valence-electron chi connectivity index (χ3n) is 4.73. The van der Waals surface area contributed by atoms with Gasteiger partial charge in [0, 0.05) is 26.2 Å². The molecule has 2 N–H and O–H groups in total. The molecule has 2 amide bonds. The van der Waals surface area contributed by atoms with E-state index in [1.165, 1.54) is 22.5 Å². The summed E-state index contributed by atoms with van der Waals surface area (Å²) in [5.74, 6) is 0. The van der Waals surface area contributed by atoms with Crippen LogP contribution in [0.2, 0.25) is 0 Å². The van der Waals surface area contributed by atoms with Crippen molar-refractivity contribution in [3.8, 4) is 0 Å². The summed E-state index contributed by atoms with van der Waals surface area (Å²) < 4.78 is 70.2. The first-order valence-electron chi connectivity index (χ1n) is 9.51. The molecule has 0 saturated carbocycles. The van der Waals surface area contributed by atoms with Crippen LogP contribution in [0.1, 0.15) is 16.7 Å². The molecule has 1 aliphatic rings. The number of carbonyl (C=O) groups excluding carboxylic acids is 1. The van der Waals surface area contributed by atoms with E-state index in [4.69, 9.17) is 4.74 Å². The summed E-state index contributed by atoms with van der Waals surface area (Å²) in [6.45, 7) is 1.17. The third-order valence-corrected chi connectivity index (χ3v) is 6.73. The van der Waals surface area contributed by atoms with Crippen LogP contribution in [0, 0.1) is 0 Å². The number of amides is 2. The Kier molecular flexibility index (Phi) is 7.19. The van der Waals surface area contributed by atoms with Crippen molar-refractivity contribution in [1.82, 2.24) is 14.9 Å². The highest BCUT2D eigenvalue weighted by Gasteiger charge is 2.30. The number of sulfonamides is 1. The van der Waals surface area contributed by atoms with E-state index in [9.17, 15) is 26.4 Å². The van der Waals surface area contributed by atoms with E-state index in [2.05, 4.69) is 10.6 Å². The van der Waals surface area contributed by atoms with Crippen LogP contribution >= 0.6 is 0 Å². The van der Waals surface area contributed by atoms with Gasteiger partial charge in [-0.3, -0.25) is 0 Å². The number of nitrogens with zero attached hydrogens (tertiary/aromatic N) is 1. The molecule has 1 saturated heterocycles.